The molecule has 0 aromatic heterocycles. The summed E-state index contributed by atoms with van der Waals surface area (Å²) in [6.07, 6.45) is 1.69. The highest BCUT2D eigenvalue weighted by molar-refractivity contribution is 5.76. The second-order valence-electron chi connectivity index (χ2n) is 3.96. The molecule has 0 saturated carbocycles. The Labute approximate surface area is 95.9 Å². The zero-order valence-electron chi connectivity index (χ0n) is 9.95. The molecule has 0 aliphatic carbocycles. The van der Waals surface area contributed by atoms with E-state index < -0.39 is 11.6 Å². The van der Waals surface area contributed by atoms with Crippen LogP contribution in [0.1, 0.15) is 46.0 Å². The summed E-state index contributed by atoms with van der Waals surface area (Å²) in [5.41, 5.74) is -0.845. The van der Waals surface area contributed by atoms with Gasteiger partial charge in [-0.15, -0.1) is 0 Å². The first-order chi connectivity index (χ1) is 7.43. The van der Waals surface area contributed by atoms with Crippen molar-refractivity contribution in [1.29, 1.82) is 0 Å². The maximum atomic E-state index is 11.3. The molecule has 5 heteroatoms. The first kappa shape index (κ1) is 14.9. The summed E-state index contributed by atoms with van der Waals surface area (Å²) in [6.45, 7) is 3.95. The Bertz CT molecular complexity index is 236. The molecular formula is C11H21NO4. The minimum Gasteiger partial charge on any atom is -0.481 e. The molecule has 5 nitrogen and oxygen atoms in total. The highest BCUT2D eigenvalue weighted by Gasteiger charge is 2.22. The third-order valence-electron chi connectivity index (χ3n) is 2.73. The molecule has 0 saturated heterocycles. The van der Waals surface area contributed by atoms with Crippen LogP contribution in [0, 0.1) is 0 Å². The van der Waals surface area contributed by atoms with Gasteiger partial charge in [-0.3, -0.25) is 9.59 Å². The molecule has 0 aliphatic heterocycles. The lowest BCUT2D eigenvalue weighted by atomic mass is 9.97. The highest BCUT2D eigenvalue weighted by atomic mass is 16.4. The molecule has 0 aromatic rings. The van der Waals surface area contributed by atoms with Gasteiger partial charge in [0.15, 0.2) is 0 Å². The van der Waals surface area contributed by atoms with Gasteiger partial charge in [0.05, 0.1) is 5.60 Å². The van der Waals surface area contributed by atoms with Crippen molar-refractivity contribution in [2.75, 3.05) is 6.54 Å². The molecule has 0 aliphatic rings. The Hall–Kier alpha value is -1.10. The second-order valence-corrected chi connectivity index (χ2v) is 3.96. The quantitative estimate of drug-likeness (QED) is 0.579. The maximum absolute atomic E-state index is 11.3. The van der Waals surface area contributed by atoms with Crippen molar-refractivity contribution in [2.24, 2.45) is 0 Å². The van der Waals surface area contributed by atoms with Crippen molar-refractivity contribution in [3.8, 4) is 0 Å². The molecule has 94 valence electrons. The van der Waals surface area contributed by atoms with Crippen LogP contribution in [-0.4, -0.2) is 34.2 Å². The number of rotatable bonds is 8. The van der Waals surface area contributed by atoms with Gasteiger partial charge < -0.3 is 15.5 Å². The summed E-state index contributed by atoms with van der Waals surface area (Å²) in [5, 5.41) is 20.9. The average Bonchev–Trinajstić information content (AvgIpc) is 2.25. The van der Waals surface area contributed by atoms with Crippen LogP contribution in [0.2, 0.25) is 0 Å². The van der Waals surface area contributed by atoms with E-state index in [-0.39, 0.29) is 25.3 Å². The summed E-state index contributed by atoms with van der Waals surface area (Å²) in [4.78, 5) is 21.5. The van der Waals surface area contributed by atoms with E-state index in [1.54, 1.807) is 0 Å². The fourth-order valence-electron chi connectivity index (χ4n) is 1.25. The van der Waals surface area contributed by atoms with E-state index >= 15 is 0 Å². The van der Waals surface area contributed by atoms with E-state index in [4.69, 9.17) is 5.11 Å². The SMILES string of the molecule is CCC(O)(CC)CNC(=O)CCCC(=O)O. The van der Waals surface area contributed by atoms with Crippen LogP contribution in [0.25, 0.3) is 0 Å². The van der Waals surface area contributed by atoms with Gasteiger partial charge in [-0.1, -0.05) is 13.8 Å². The van der Waals surface area contributed by atoms with Crippen LogP contribution in [0.15, 0.2) is 0 Å². The monoisotopic (exact) mass is 231 g/mol. The third kappa shape index (κ3) is 6.40. The lowest BCUT2D eigenvalue weighted by Crippen LogP contribution is -2.41. The van der Waals surface area contributed by atoms with Crippen LogP contribution >= 0.6 is 0 Å². The van der Waals surface area contributed by atoms with E-state index in [1.165, 1.54) is 0 Å². The number of aliphatic carboxylic acids is 1. The van der Waals surface area contributed by atoms with Crippen LogP contribution in [0.3, 0.4) is 0 Å². The number of carboxylic acids is 1. The summed E-state index contributed by atoms with van der Waals surface area (Å²) < 4.78 is 0. The maximum Gasteiger partial charge on any atom is 0.303 e. The summed E-state index contributed by atoms with van der Waals surface area (Å²) in [5.74, 6) is -1.10. The third-order valence-corrected chi connectivity index (χ3v) is 2.73. The Morgan fingerprint density at radius 3 is 2.19 bits per heavy atom. The number of carboxylic acid groups (broad SMARTS) is 1. The number of carbonyl (C=O) groups is 2. The van der Waals surface area contributed by atoms with E-state index in [1.807, 2.05) is 13.8 Å². The molecule has 0 radical (unpaired) electrons. The molecule has 0 bridgehead atoms. The smallest absolute Gasteiger partial charge is 0.303 e. The molecule has 1 amide bonds. The number of hydrogen-bond donors (Lipinski definition) is 3. The summed E-state index contributed by atoms with van der Waals surface area (Å²) in [6, 6.07) is 0. The number of hydrogen-bond acceptors (Lipinski definition) is 3. The van der Waals surface area contributed by atoms with Gasteiger partial charge >= 0.3 is 5.97 Å². The van der Waals surface area contributed by atoms with Gasteiger partial charge in [0.2, 0.25) is 5.91 Å². The molecule has 0 spiro atoms. The van der Waals surface area contributed by atoms with Gasteiger partial charge in [0.25, 0.3) is 0 Å². The van der Waals surface area contributed by atoms with E-state index in [9.17, 15) is 14.7 Å². The highest BCUT2D eigenvalue weighted by Crippen LogP contribution is 2.12. The van der Waals surface area contributed by atoms with Crippen LogP contribution in [0.5, 0.6) is 0 Å². The Balaban J connectivity index is 3.76. The Morgan fingerprint density at radius 1 is 1.19 bits per heavy atom. The van der Waals surface area contributed by atoms with Crippen molar-refractivity contribution in [3.63, 3.8) is 0 Å². The molecule has 3 N–H and O–H groups in total. The zero-order valence-corrected chi connectivity index (χ0v) is 9.95. The number of carbonyl (C=O) groups excluding carboxylic acids is 1. The first-order valence-electron chi connectivity index (χ1n) is 5.64. The minimum atomic E-state index is -0.897. The largest absolute Gasteiger partial charge is 0.481 e. The fraction of sp³-hybridized carbons (Fsp3) is 0.818. The predicted molar refractivity (Wildman–Crippen MR) is 60.0 cm³/mol. The standard InChI is InChI=1S/C11H21NO4/c1-3-11(16,4-2)8-12-9(13)6-5-7-10(14)15/h16H,3-8H2,1-2H3,(H,12,13)(H,14,15). The van der Waals surface area contributed by atoms with E-state index in [0.29, 0.717) is 19.3 Å². The van der Waals surface area contributed by atoms with Crippen LogP contribution in [0.4, 0.5) is 0 Å². The average molecular weight is 231 g/mol. The number of aliphatic hydroxyl groups is 1. The molecule has 16 heavy (non-hydrogen) atoms. The van der Waals surface area contributed by atoms with Gasteiger partial charge in [0, 0.05) is 19.4 Å². The van der Waals surface area contributed by atoms with Crippen molar-refractivity contribution in [3.05, 3.63) is 0 Å². The van der Waals surface area contributed by atoms with Crippen molar-refractivity contribution in [1.82, 2.24) is 5.32 Å². The van der Waals surface area contributed by atoms with E-state index in [0.717, 1.165) is 0 Å². The van der Waals surface area contributed by atoms with Gasteiger partial charge in [0.1, 0.15) is 0 Å². The topological polar surface area (TPSA) is 86.6 Å². The summed E-state index contributed by atoms with van der Waals surface area (Å²) in [7, 11) is 0. The minimum absolute atomic E-state index is 0.000751. The van der Waals surface area contributed by atoms with Crippen LogP contribution < -0.4 is 5.32 Å². The molecule has 0 unspecified atom stereocenters. The zero-order chi connectivity index (χ0) is 12.6. The fourth-order valence-corrected chi connectivity index (χ4v) is 1.25. The molecule has 0 fully saturated rings. The molecule has 0 rings (SSSR count). The van der Waals surface area contributed by atoms with Crippen molar-refractivity contribution in [2.45, 2.75) is 51.6 Å². The lowest BCUT2D eigenvalue weighted by Gasteiger charge is -2.25. The van der Waals surface area contributed by atoms with Gasteiger partial charge in [-0.05, 0) is 19.3 Å². The molecule has 0 heterocycles. The molecule has 0 atom stereocenters. The number of nitrogens with one attached hydrogen (secondary N) is 1. The second kappa shape index (κ2) is 7.22. The molecule has 0 aromatic carbocycles. The number of amides is 1. The van der Waals surface area contributed by atoms with Gasteiger partial charge in [-0.25, -0.2) is 0 Å². The normalized spacial score (nSPS) is 11.2. The Kier molecular flexibility index (Phi) is 6.72. The Morgan fingerprint density at radius 2 is 1.75 bits per heavy atom. The predicted octanol–water partition coefficient (Wildman–Crippen LogP) is 0.909. The van der Waals surface area contributed by atoms with Crippen molar-refractivity contribution < 1.29 is 19.8 Å². The lowest BCUT2D eigenvalue weighted by molar-refractivity contribution is -0.137. The first-order valence-corrected chi connectivity index (χ1v) is 5.64. The van der Waals surface area contributed by atoms with E-state index in [2.05, 4.69) is 5.32 Å². The van der Waals surface area contributed by atoms with Crippen LogP contribution in [-0.2, 0) is 9.59 Å². The van der Waals surface area contributed by atoms with Crippen molar-refractivity contribution >= 4 is 11.9 Å². The molecular weight excluding hydrogens is 210 g/mol. The van der Waals surface area contributed by atoms with Gasteiger partial charge in [-0.2, -0.15) is 0 Å². The summed E-state index contributed by atoms with van der Waals surface area (Å²) >= 11 is 0.